The number of rotatable bonds is 5. The Bertz CT molecular complexity index is 230. The third-order valence-corrected chi connectivity index (χ3v) is 4.27. The molecule has 1 aliphatic heterocycles. The molecule has 3 nitrogen and oxygen atoms in total. The summed E-state index contributed by atoms with van der Waals surface area (Å²) in [5.74, 6) is 0.791. The van der Waals surface area contributed by atoms with Crippen molar-refractivity contribution in [3.8, 4) is 0 Å². The average Bonchev–Trinajstić information content (AvgIpc) is 2.29. The van der Waals surface area contributed by atoms with Crippen LogP contribution >= 0.6 is 0 Å². The monoisotopic (exact) mass is 243 g/mol. The molecule has 1 rings (SSSR count). The van der Waals surface area contributed by atoms with Crippen molar-refractivity contribution in [2.24, 2.45) is 5.92 Å². The Morgan fingerprint density at radius 1 is 1.35 bits per heavy atom. The van der Waals surface area contributed by atoms with E-state index in [-0.39, 0.29) is 0 Å². The first kappa shape index (κ1) is 14.9. The molecule has 0 aliphatic carbocycles. The number of methoxy groups -OCH3 is 1. The second-order valence-electron chi connectivity index (χ2n) is 6.14. The fourth-order valence-corrected chi connectivity index (χ4v) is 2.46. The molecule has 3 unspecified atom stereocenters. The van der Waals surface area contributed by atoms with E-state index in [0.717, 1.165) is 18.9 Å². The molecular formula is C14H29NO2. The molecule has 1 fully saturated rings. The van der Waals surface area contributed by atoms with Gasteiger partial charge in [0.05, 0.1) is 11.7 Å². The Labute approximate surface area is 106 Å². The van der Waals surface area contributed by atoms with Crippen LogP contribution in [0, 0.1) is 5.92 Å². The van der Waals surface area contributed by atoms with Gasteiger partial charge in [-0.1, -0.05) is 6.92 Å². The summed E-state index contributed by atoms with van der Waals surface area (Å²) in [6.45, 7) is 10.6. The molecule has 0 bridgehead atoms. The summed E-state index contributed by atoms with van der Waals surface area (Å²) in [4.78, 5) is 2.50. The van der Waals surface area contributed by atoms with E-state index in [9.17, 15) is 5.11 Å². The minimum atomic E-state index is -0.440. The molecule has 0 amide bonds. The number of aliphatic hydroxyl groups is 1. The maximum Gasteiger partial charge on any atom is 0.0880 e. The zero-order chi connectivity index (χ0) is 13.1. The molecule has 1 heterocycles. The van der Waals surface area contributed by atoms with Gasteiger partial charge in [-0.05, 0) is 46.0 Å². The third-order valence-electron chi connectivity index (χ3n) is 4.27. The number of ether oxygens (including phenoxy) is 1. The van der Waals surface area contributed by atoms with Gasteiger partial charge in [0.2, 0.25) is 0 Å². The van der Waals surface area contributed by atoms with Gasteiger partial charge in [0.1, 0.15) is 0 Å². The van der Waals surface area contributed by atoms with E-state index < -0.39 is 11.7 Å². The van der Waals surface area contributed by atoms with E-state index in [1.807, 2.05) is 13.8 Å². The molecule has 0 spiro atoms. The highest BCUT2D eigenvalue weighted by atomic mass is 16.5. The number of hydrogen-bond donors (Lipinski definition) is 1. The molecule has 17 heavy (non-hydrogen) atoms. The summed E-state index contributed by atoms with van der Waals surface area (Å²) < 4.78 is 5.32. The third kappa shape index (κ3) is 4.23. The van der Waals surface area contributed by atoms with E-state index in [1.54, 1.807) is 7.11 Å². The Kier molecular flexibility index (Phi) is 5.42. The molecule has 0 aromatic heterocycles. The second-order valence-corrected chi connectivity index (χ2v) is 6.14. The van der Waals surface area contributed by atoms with Crippen LogP contribution in [-0.4, -0.2) is 48.0 Å². The Hall–Kier alpha value is -0.120. The highest BCUT2D eigenvalue weighted by molar-refractivity contribution is 4.82. The Morgan fingerprint density at radius 2 is 2.00 bits per heavy atom. The number of aliphatic hydroxyl groups excluding tert-OH is 1. The van der Waals surface area contributed by atoms with Gasteiger partial charge in [-0.15, -0.1) is 0 Å². The van der Waals surface area contributed by atoms with E-state index >= 15 is 0 Å². The topological polar surface area (TPSA) is 32.7 Å². The van der Waals surface area contributed by atoms with Crippen molar-refractivity contribution in [2.45, 2.75) is 64.7 Å². The van der Waals surface area contributed by atoms with Crippen molar-refractivity contribution in [3.63, 3.8) is 0 Å². The zero-order valence-electron chi connectivity index (χ0n) is 12.1. The number of likely N-dealkylation sites (tertiary alicyclic amines) is 1. The van der Waals surface area contributed by atoms with Crippen molar-refractivity contribution < 1.29 is 9.84 Å². The van der Waals surface area contributed by atoms with Crippen molar-refractivity contribution in [2.75, 3.05) is 20.2 Å². The fraction of sp³-hybridized carbons (Fsp3) is 1.00. The molecule has 3 heteroatoms. The number of piperidine rings is 1. The summed E-state index contributed by atoms with van der Waals surface area (Å²) in [6.07, 6.45) is 3.02. The SMILES string of the molecule is COC(C)(C)C(O)CCN1CC(C)CCC1C. The van der Waals surface area contributed by atoms with Crippen LogP contribution in [0.5, 0.6) is 0 Å². The first-order valence-corrected chi connectivity index (χ1v) is 6.84. The number of nitrogens with zero attached hydrogens (tertiary/aromatic N) is 1. The summed E-state index contributed by atoms with van der Waals surface area (Å²) >= 11 is 0. The predicted octanol–water partition coefficient (Wildman–Crippen LogP) is 2.28. The Balaban J connectivity index is 2.39. The van der Waals surface area contributed by atoms with Crippen LogP contribution in [0.25, 0.3) is 0 Å². The first-order valence-electron chi connectivity index (χ1n) is 6.84. The zero-order valence-corrected chi connectivity index (χ0v) is 12.1. The van der Waals surface area contributed by atoms with Gasteiger partial charge >= 0.3 is 0 Å². The summed E-state index contributed by atoms with van der Waals surface area (Å²) in [6, 6.07) is 0.657. The normalized spacial score (nSPS) is 29.3. The molecule has 3 atom stereocenters. The van der Waals surface area contributed by atoms with Gasteiger partial charge in [0.15, 0.2) is 0 Å². The molecule has 0 aromatic rings. The Morgan fingerprint density at radius 3 is 2.59 bits per heavy atom. The molecule has 1 aliphatic rings. The molecule has 102 valence electrons. The molecule has 0 radical (unpaired) electrons. The van der Waals surface area contributed by atoms with Crippen LogP contribution in [0.15, 0.2) is 0 Å². The molecule has 0 saturated carbocycles. The van der Waals surface area contributed by atoms with E-state index in [1.165, 1.54) is 19.4 Å². The highest BCUT2D eigenvalue weighted by Gasteiger charge is 2.29. The average molecular weight is 243 g/mol. The van der Waals surface area contributed by atoms with Crippen molar-refractivity contribution in [1.82, 2.24) is 4.90 Å². The summed E-state index contributed by atoms with van der Waals surface area (Å²) in [5.41, 5.74) is -0.440. The van der Waals surface area contributed by atoms with Gasteiger partial charge in [-0.25, -0.2) is 0 Å². The standard InChI is InChI=1S/C14H29NO2/c1-11-6-7-12(2)15(10-11)9-8-13(16)14(3,4)17-5/h11-13,16H,6-10H2,1-5H3. The van der Waals surface area contributed by atoms with Gasteiger partial charge in [0, 0.05) is 26.2 Å². The lowest BCUT2D eigenvalue weighted by Crippen LogP contribution is -2.45. The van der Waals surface area contributed by atoms with Gasteiger partial charge in [-0.2, -0.15) is 0 Å². The molecular weight excluding hydrogens is 214 g/mol. The van der Waals surface area contributed by atoms with Crippen LogP contribution in [0.1, 0.15) is 47.0 Å². The van der Waals surface area contributed by atoms with E-state index in [4.69, 9.17) is 4.74 Å². The molecule has 1 N–H and O–H groups in total. The van der Waals surface area contributed by atoms with Gasteiger partial charge < -0.3 is 14.7 Å². The van der Waals surface area contributed by atoms with E-state index in [2.05, 4.69) is 18.7 Å². The quantitative estimate of drug-likeness (QED) is 0.804. The minimum absolute atomic E-state index is 0.392. The van der Waals surface area contributed by atoms with Crippen LogP contribution in [-0.2, 0) is 4.74 Å². The van der Waals surface area contributed by atoms with Crippen LogP contribution in [0.3, 0.4) is 0 Å². The smallest absolute Gasteiger partial charge is 0.0880 e. The summed E-state index contributed by atoms with van der Waals surface area (Å²) in [5, 5.41) is 10.1. The van der Waals surface area contributed by atoms with Crippen LogP contribution in [0.2, 0.25) is 0 Å². The lowest BCUT2D eigenvalue weighted by Gasteiger charge is -2.38. The van der Waals surface area contributed by atoms with Crippen molar-refractivity contribution in [1.29, 1.82) is 0 Å². The van der Waals surface area contributed by atoms with E-state index in [0.29, 0.717) is 6.04 Å². The van der Waals surface area contributed by atoms with Gasteiger partial charge in [-0.3, -0.25) is 0 Å². The summed E-state index contributed by atoms with van der Waals surface area (Å²) in [7, 11) is 1.66. The maximum absolute atomic E-state index is 10.1. The lowest BCUT2D eigenvalue weighted by atomic mass is 9.93. The largest absolute Gasteiger partial charge is 0.390 e. The maximum atomic E-state index is 10.1. The first-order chi connectivity index (χ1) is 7.86. The minimum Gasteiger partial charge on any atom is -0.390 e. The van der Waals surface area contributed by atoms with Gasteiger partial charge in [0.25, 0.3) is 0 Å². The number of hydrogen-bond acceptors (Lipinski definition) is 3. The predicted molar refractivity (Wildman–Crippen MR) is 71.1 cm³/mol. The second kappa shape index (κ2) is 6.17. The molecule has 1 saturated heterocycles. The van der Waals surface area contributed by atoms with Crippen LogP contribution < -0.4 is 0 Å². The lowest BCUT2D eigenvalue weighted by molar-refractivity contribution is -0.0840. The van der Waals surface area contributed by atoms with Crippen molar-refractivity contribution in [3.05, 3.63) is 0 Å². The van der Waals surface area contributed by atoms with Crippen molar-refractivity contribution >= 4 is 0 Å². The van der Waals surface area contributed by atoms with Crippen LogP contribution in [0.4, 0.5) is 0 Å². The molecule has 0 aromatic carbocycles. The highest BCUT2D eigenvalue weighted by Crippen LogP contribution is 2.23. The fourth-order valence-electron chi connectivity index (χ4n) is 2.46.